The summed E-state index contributed by atoms with van der Waals surface area (Å²) in [5.74, 6) is -0.189. The summed E-state index contributed by atoms with van der Waals surface area (Å²) in [7, 11) is 0. The minimum Gasteiger partial charge on any atom is -0.493 e. The van der Waals surface area contributed by atoms with E-state index < -0.39 is 0 Å². The van der Waals surface area contributed by atoms with Crippen LogP contribution in [-0.4, -0.2) is 29.9 Å². The average Bonchev–Trinajstić information content (AvgIpc) is 3.03. The number of nitrogens with one attached hydrogen (secondary N) is 2. The van der Waals surface area contributed by atoms with Gasteiger partial charge in [-0.2, -0.15) is 0 Å². The van der Waals surface area contributed by atoms with E-state index in [1.807, 2.05) is 26.8 Å². The lowest BCUT2D eigenvalue weighted by molar-refractivity contribution is -0.115. The number of nitrogens with zero attached hydrogens (tertiary/aromatic N) is 1. The summed E-state index contributed by atoms with van der Waals surface area (Å²) >= 11 is 1.42. The van der Waals surface area contributed by atoms with Crippen LogP contribution in [0.5, 0.6) is 5.75 Å². The van der Waals surface area contributed by atoms with Crippen molar-refractivity contribution in [2.24, 2.45) is 0 Å². The van der Waals surface area contributed by atoms with Gasteiger partial charge in [0.1, 0.15) is 5.75 Å². The quantitative estimate of drug-likeness (QED) is 0.680. The van der Waals surface area contributed by atoms with Crippen molar-refractivity contribution < 1.29 is 14.3 Å². The fraction of sp³-hybridized carbons (Fsp3) is 0.250. The third kappa shape index (κ3) is 4.43. The number of para-hydroxylation sites is 1. The fourth-order valence-corrected chi connectivity index (χ4v) is 3.84. The minimum absolute atomic E-state index is 0.146. The highest BCUT2D eigenvalue weighted by Gasteiger charge is 2.14. The van der Waals surface area contributed by atoms with E-state index in [1.165, 1.54) is 11.3 Å². The Hall–Kier alpha value is -2.93. The molecule has 0 spiro atoms. The van der Waals surface area contributed by atoms with E-state index in [4.69, 9.17) is 4.74 Å². The Morgan fingerprint density at radius 1 is 1.19 bits per heavy atom. The molecule has 0 saturated heterocycles. The standard InChI is InChI=1S/C20H21N3O3S/c1-4-26-15-8-6-5-7-14(15)19(25)21-11-17(24)22-20-23-18-13(3)9-12(2)10-16(18)27-20/h5-10H,4,11H2,1-3H3,(H,21,25)(H,22,23,24). The molecule has 0 bridgehead atoms. The SMILES string of the molecule is CCOc1ccccc1C(=O)NCC(=O)Nc1nc2c(C)cc(C)cc2s1. The van der Waals surface area contributed by atoms with Crippen LogP contribution < -0.4 is 15.4 Å². The van der Waals surface area contributed by atoms with Crippen molar-refractivity contribution in [3.8, 4) is 5.75 Å². The predicted molar refractivity (Wildman–Crippen MR) is 108 cm³/mol. The van der Waals surface area contributed by atoms with Gasteiger partial charge >= 0.3 is 0 Å². The largest absolute Gasteiger partial charge is 0.493 e. The number of carbonyl (C=O) groups is 2. The molecule has 0 unspecified atom stereocenters. The van der Waals surface area contributed by atoms with Crippen molar-refractivity contribution in [2.45, 2.75) is 20.8 Å². The van der Waals surface area contributed by atoms with Crippen LogP contribution in [0.4, 0.5) is 5.13 Å². The molecule has 2 N–H and O–H groups in total. The van der Waals surface area contributed by atoms with Crippen molar-refractivity contribution in [1.82, 2.24) is 10.3 Å². The van der Waals surface area contributed by atoms with Gasteiger partial charge in [-0.3, -0.25) is 9.59 Å². The van der Waals surface area contributed by atoms with Crippen LogP contribution in [0, 0.1) is 13.8 Å². The average molecular weight is 383 g/mol. The molecule has 1 aromatic heterocycles. The first kappa shape index (κ1) is 18.8. The number of thiazole rings is 1. The Morgan fingerprint density at radius 3 is 2.74 bits per heavy atom. The van der Waals surface area contributed by atoms with Crippen LogP contribution in [0.1, 0.15) is 28.4 Å². The number of rotatable bonds is 6. The Morgan fingerprint density at radius 2 is 1.96 bits per heavy atom. The second-order valence-electron chi connectivity index (χ2n) is 6.11. The predicted octanol–water partition coefficient (Wildman–Crippen LogP) is 3.68. The number of anilines is 1. The number of amides is 2. The molecule has 0 radical (unpaired) electrons. The smallest absolute Gasteiger partial charge is 0.255 e. The van der Waals surface area contributed by atoms with Gasteiger partial charge < -0.3 is 15.4 Å². The van der Waals surface area contributed by atoms with Crippen LogP contribution >= 0.6 is 11.3 Å². The molecule has 3 aromatic rings. The van der Waals surface area contributed by atoms with Crippen molar-refractivity contribution in [1.29, 1.82) is 0 Å². The van der Waals surface area contributed by atoms with Gasteiger partial charge in [-0.25, -0.2) is 4.98 Å². The molecule has 7 heteroatoms. The Balaban J connectivity index is 1.63. The molecule has 6 nitrogen and oxygen atoms in total. The summed E-state index contributed by atoms with van der Waals surface area (Å²) in [6, 6.07) is 11.0. The molecule has 2 amide bonds. The van der Waals surface area contributed by atoms with Gasteiger partial charge in [-0.15, -0.1) is 0 Å². The molecule has 0 aliphatic heterocycles. The highest BCUT2D eigenvalue weighted by atomic mass is 32.1. The summed E-state index contributed by atoms with van der Waals surface area (Å²) in [5, 5.41) is 5.89. The summed E-state index contributed by atoms with van der Waals surface area (Å²) in [6.45, 7) is 6.19. The van der Waals surface area contributed by atoms with Crippen LogP contribution in [-0.2, 0) is 4.79 Å². The van der Waals surface area contributed by atoms with Crippen LogP contribution in [0.25, 0.3) is 10.2 Å². The summed E-state index contributed by atoms with van der Waals surface area (Å²) < 4.78 is 6.47. The number of fused-ring (bicyclic) bond motifs is 1. The molecule has 0 fully saturated rings. The van der Waals surface area contributed by atoms with Crippen LogP contribution in [0.2, 0.25) is 0 Å². The van der Waals surface area contributed by atoms with E-state index in [9.17, 15) is 9.59 Å². The number of aromatic nitrogens is 1. The third-order valence-electron chi connectivity index (χ3n) is 3.92. The van der Waals surface area contributed by atoms with Crippen molar-refractivity contribution in [2.75, 3.05) is 18.5 Å². The topological polar surface area (TPSA) is 80.3 Å². The van der Waals surface area contributed by atoms with Gasteiger partial charge in [0, 0.05) is 0 Å². The lowest BCUT2D eigenvalue weighted by atomic mass is 10.1. The van der Waals surface area contributed by atoms with Gasteiger partial charge in [0.05, 0.1) is 28.9 Å². The molecule has 1 heterocycles. The van der Waals surface area contributed by atoms with Gasteiger partial charge in [0.15, 0.2) is 5.13 Å². The monoisotopic (exact) mass is 383 g/mol. The lowest BCUT2D eigenvalue weighted by Gasteiger charge is -2.10. The third-order valence-corrected chi connectivity index (χ3v) is 4.84. The second-order valence-corrected chi connectivity index (χ2v) is 7.14. The number of hydrogen-bond acceptors (Lipinski definition) is 5. The minimum atomic E-state index is -0.357. The molecular formula is C20H21N3O3S. The maximum Gasteiger partial charge on any atom is 0.255 e. The number of aryl methyl sites for hydroxylation is 2. The first-order valence-corrected chi connectivity index (χ1v) is 9.47. The zero-order valence-corrected chi connectivity index (χ0v) is 16.3. The van der Waals surface area contributed by atoms with Crippen LogP contribution in [0.3, 0.4) is 0 Å². The molecule has 2 aromatic carbocycles. The molecule has 3 rings (SSSR count). The summed E-state index contributed by atoms with van der Waals surface area (Å²) in [6.07, 6.45) is 0. The first-order chi connectivity index (χ1) is 13.0. The highest BCUT2D eigenvalue weighted by Crippen LogP contribution is 2.29. The summed E-state index contributed by atoms with van der Waals surface area (Å²) in [5.41, 5.74) is 3.51. The summed E-state index contributed by atoms with van der Waals surface area (Å²) in [4.78, 5) is 29.0. The van der Waals surface area contributed by atoms with Crippen LogP contribution in [0.15, 0.2) is 36.4 Å². The van der Waals surface area contributed by atoms with Gasteiger partial charge in [-0.1, -0.05) is 29.5 Å². The van der Waals surface area contributed by atoms with E-state index in [-0.39, 0.29) is 18.4 Å². The molecule has 0 saturated carbocycles. The molecule has 140 valence electrons. The van der Waals surface area contributed by atoms with Gasteiger partial charge in [-0.05, 0) is 50.1 Å². The Labute approximate surface area is 161 Å². The zero-order valence-electron chi connectivity index (χ0n) is 15.5. The Bertz CT molecular complexity index is 997. The van der Waals surface area contributed by atoms with Crippen molar-refractivity contribution in [3.05, 3.63) is 53.1 Å². The van der Waals surface area contributed by atoms with E-state index in [0.717, 1.165) is 21.3 Å². The van der Waals surface area contributed by atoms with E-state index in [1.54, 1.807) is 24.3 Å². The maximum atomic E-state index is 12.3. The molecule has 0 aliphatic rings. The molecular weight excluding hydrogens is 362 g/mol. The number of ether oxygens (including phenoxy) is 1. The second kappa shape index (κ2) is 8.18. The lowest BCUT2D eigenvalue weighted by Crippen LogP contribution is -2.33. The normalized spacial score (nSPS) is 10.6. The van der Waals surface area contributed by atoms with Crippen molar-refractivity contribution >= 4 is 38.5 Å². The maximum absolute atomic E-state index is 12.3. The van der Waals surface area contributed by atoms with Crippen molar-refractivity contribution in [3.63, 3.8) is 0 Å². The first-order valence-electron chi connectivity index (χ1n) is 8.65. The molecule has 0 aliphatic carbocycles. The Kier molecular flexibility index (Phi) is 5.71. The number of carbonyl (C=O) groups excluding carboxylic acids is 2. The number of benzene rings is 2. The van der Waals surface area contributed by atoms with Gasteiger partial charge in [0.25, 0.3) is 5.91 Å². The van der Waals surface area contributed by atoms with E-state index in [0.29, 0.717) is 23.1 Å². The zero-order chi connectivity index (χ0) is 19.4. The number of hydrogen-bond donors (Lipinski definition) is 2. The van der Waals surface area contributed by atoms with Gasteiger partial charge in [0.2, 0.25) is 5.91 Å². The molecule has 0 atom stereocenters. The van der Waals surface area contributed by atoms with E-state index in [2.05, 4.69) is 21.7 Å². The van der Waals surface area contributed by atoms with E-state index >= 15 is 0 Å². The molecule has 27 heavy (non-hydrogen) atoms. The fourth-order valence-electron chi connectivity index (χ4n) is 2.78. The highest BCUT2D eigenvalue weighted by molar-refractivity contribution is 7.22.